The molecule has 0 aromatic heterocycles. The molecule has 0 aliphatic heterocycles. The van der Waals surface area contributed by atoms with Gasteiger partial charge in [0.1, 0.15) is 0 Å². The first-order valence-electron chi connectivity index (χ1n) is 3.39. The third kappa shape index (κ3) is 4.24. The minimum absolute atomic E-state index is 0.0903. The summed E-state index contributed by atoms with van der Waals surface area (Å²) in [5, 5.41) is 8.38. The Morgan fingerprint density at radius 2 is 1.57 bits per heavy atom. The van der Waals surface area contributed by atoms with Crippen molar-refractivity contribution in [3.63, 3.8) is 0 Å². The van der Waals surface area contributed by atoms with Crippen LogP contribution in [0.2, 0.25) is 0 Å². The van der Waals surface area contributed by atoms with Gasteiger partial charge in [-0.2, -0.15) is 8.78 Å². The normalized spacial score (nSPS) is 8.21. The van der Waals surface area contributed by atoms with Gasteiger partial charge in [0.25, 0.3) is 0 Å². The highest BCUT2D eigenvalue weighted by molar-refractivity contribution is 5.59. The lowest BCUT2D eigenvalue weighted by Crippen LogP contribution is -2.53. The zero-order valence-corrected chi connectivity index (χ0v) is 6.84. The summed E-state index contributed by atoms with van der Waals surface area (Å²) in [6.45, 7) is 0. The van der Waals surface area contributed by atoms with Crippen molar-refractivity contribution < 1.29 is 18.5 Å². The standard InChI is InChI=1S/C8H5F3.HNO2/c9-7(8(10)11)6-4-2-1-3-5-6;2-1-3/h1-5H;1H. The minimum atomic E-state index is -2.28. The molecule has 0 heterocycles. The van der Waals surface area contributed by atoms with E-state index < -0.39 is 11.9 Å². The number of benzene rings is 1. The van der Waals surface area contributed by atoms with Crippen LogP contribution < -0.4 is 5.34 Å². The third-order valence-corrected chi connectivity index (χ3v) is 1.19. The monoisotopic (exact) mass is 205 g/mol. The van der Waals surface area contributed by atoms with Gasteiger partial charge in [0, 0.05) is 10.9 Å². The molecular weight excluding hydrogens is 199 g/mol. The SMILES string of the molecule is FC(F)=C(F)c1ccccc1.O=[NH+][O-]. The molecule has 0 aliphatic carbocycles. The van der Waals surface area contributed by atoms with E-state index in [2.05, 4.69) is 0 Å². The molecule has 0 saturated carbocycles. The van der Waals surface area contributed by atoms with Gasteiger partial charge in [-0.05, 0) is 0 Å². The zero-order valence-electron chi connectivity index (χ0n) is 6.84. The Kier molecular flexibility index (Phi) is 5.77. The van der Waals surface area contributed by atoms with Crippen molar-refractivity contribution in [1.82, 2.24) is 0 Å². The van der Waals surface area contributed by atoms with E-state index in [-0.39, 0.29) is 10.9 Å². The third-order valence-electron chi connectivity index (χ3n) is 1.19. The lowest BCUT2D eigenvalue weighted by Gasteiger charge is -1.93. The molecule has 0 atom stereocenters. The topological polar surface area (TPSA) is 54.1 Å². The van der Waals surface area contributed by atoms with E-state index in [1.165, 1.54) is 24.3 Å². The van der Waals surface area contributed by atoms with E-state index in [0.29, 0.717) is 0 Å². The molecule has 0 spiro atoms. The van der Waals surface area contributed by atoms with Crippen LogP contribution in [0.1, 0.15) is 5.56 Å². The molecule has 0 amide bonds. The second kappa shape index (κ2) is 6.64. The summed E-state index contributed by atoms with van der Waals surface area (Å²) in [6, 6.07) is 7.20. The fourth-order valence-corrected chi connectivity index (χ4v) is 0.694. The van der Waals surface area contributed by atoms with Crippen LogP contribution in [0.25, 0.3) is 5.83 Å². The van der Waals surface area contributed by atoms with Crippen molar-refractivity contribution in [3.8, 4) is 0 Å². The molecule has 0 fully saturated rings. The number of rotatable bonds is 1. The predicted molar refractivity (Wildman–Crippen MR) is 44.4 cm³/mol. The van der Waals surface area contributed by atoms with Crippen LogP contribution in [-0.4, -0.2) is 0 Å². The van der Waals surface area contributed by atoms with Crippen molar-refractivity contribution in [3.05, 3.63) is 52.1 Å². The van der Waals surface area contributed by atoms with E-state index in [1.54, 1.807) is 6.07 Å². The first kappa shape index (κ1) is 12.2. The Balaban J connectivity index is 0.000000500. The van der Waals surface area contributed by atoms with Crippen molar-refractivity contribution in [2.45, 2.75) is 0 Å². The molecule has 0 bridgehead atoms. The summed E-state index contributed by atoms with van der Waals surface area (Å²) in [4.78, 5) is 8.12. The Bertz CT molecular complexity index is 310. The molecule has 0 saturated heterocycles. The smallest absolute Gasteiger partial charge is 0.267 e. The molecule has 1 rings (SSSR count). The molecule has 1 aromatic carbocycles. The van der Waals surface area contributed by atoms with Crippen LogP contribution in [0, 0.1) is 10.1 Å². The highest BCUT2D eigenvalue weighted by Gasteiger charge is 2.05. The summed E-state index contributed by atoms with van der Waals surface area (Å²) in [5.74, 6) is -1.45. The van der Waals surface area contributed by atoms with Gasteiger partial charge in [-0.1, -0.05) is 30.3 Å². The van der Waals surface area contributed by atoms with Gasteiger partial charge in [0.2, 0.25) is 0 Å². The van der Waals surface area contributed by atoms with Gasteiger partial charge in [-0.25, -0.2) is 4.39 Å². The van der Waals surface area contributed by atoms with Crippen LogP contribution >= 0.6 is 0 Å². The molecule has 1 N–H and O–H groups in total. The number of halogens is 3. The summed E-state index contributed by atoms with van der Waals surface area (Å²) < 4.78 is 35.6. The van der Waals surface area contributed by atoms with Gasteiger partial charge in [0.05, 0.1) is 0 Å². The van der Waals surface area contributed by atoms with Crippen LogP contribution in [0.15, 0.2) is 36.4 Å². The second-order valence-electron chi connectivity index (χ2n) is 2.02. The molecule has 0 unspecified atom stereocenters. The Morgan fingerprint density at radius 1 is 1.14 bits per heavy atom. The van der Waals surface area contributed by atoms with E-state index in [1.807, 2.05) is 0 Å². The summed E-state index contributed by atoms with van der Waals surface area (Å²) in [5.41, 5.74) is -0.0903. The molecule has 0 aliphatic rings. The minimum Gasteiger partial charge on any atom is -0.267 e. The zero-order chi connectivity index (χ0) is 11.0. The molecule has 1 aromatic rings. The fraction of sp³-hybridized carbons (Fsp3) is 0. The van der Waals surface area contributed by atoms with Crippen molar-refractivity contribution >= 4 is 5.83 Å². The lowest BCUT2D eigenvalue weighted by atomic mass is 10.2. The van der Waals surface area contributed by atoms with E-state index in [4.69, 9.17) is 10.1 Å². The first-order chi connectivity index (χ1) is 6.63. The van der Waals surface area contributed by atoms with Gasteiger partial charge >= 0.3 is 6.08 Å². The summed E-state index contributed by atoms with van der Waals surface area (Å²) in [6.07, 6.45) is -2.28. The van der Waals surface area contributed by atoms with Gasteiger partial charge in [-0.3, -0.25) is 10.1 Å². The van der Waals surface area contributed by atoms with Crippen LogP contribution in [0.5, 0.6) is 0 Å². The predicted octanol–water partition coefficient (Wildman–Crippen LogP) is 1.55. The number of hydrogen-bond acceptors (Lipinski definition) is 2. The molecule has 3 nitrogen and oxygen atoms in total. The average molecular weight is 205 g/mol. The highest BCUT2D eigenvalue weighted by atomic mass is 19.3. The van der Waals surface area contributed by atoms with Gasteiger partial charge < -0.3 is 0 Å². The average Bonchev–Trinajstić information content (AvgIpc) is 2.19. The van der Waals surface area contributed by atoms with Crippen LogP contribution in [0.3, 0.4) is 0 Å². The van der Waals surface area contributed by atoms with Crippen molar-refractivity contribution in [2.24, 2.45) is 0 Å². The second-order valence-corrected chi connectivity index (χ2v) is 2.02. The Morgan fingerprint density at radius 3 is 1.93 bits per heavy atom. The number of nitrogens with one attached hydrogen (secondary N) is 1. The lowest BCUT2D eigenvalue weighted by molar-refractivity contribution is -0.398. The fourth-order valence-electron chi connectivity index (χ4n) is 0.694. The van der Waals surface area contributed by atoms with E-state index in [0.717, 1.165) is 0 Å². The maximum Gasteiger partial charge on any atom is 0.306 e. The Hall–Kier alpha value is -1.85. The van der Waals surface area contributed by atoms with Crippen LogP contribution in [0.4, 0.5) is 13.2 Å². The van der Waals surface area contributed by atoms with E-state index >= 15 is 0 Å². The van der Waals surface area contributed by atoms with E-state index in [9.17, 15) is 13.2 Å². The summed E-state index contributed by atoms with van der Waals surface area (Å²) >= 11 is 0. The molecule has 14 heavy (non-hydrogen) atoms. The molecular formula is C8H6F3NO2. The first-order valence-corrected chi connectivity index (χ1v) is 3.39. The van der Waals surface area contributed by atoms with Gasteiger partial charge in [-0.15, -0.1) is 0 Å². The van der Waals surface area contributed by atoms with Crippen LogP contribution in [-0.2, 0) is 0 Å². The molecule has 6 heteroatoms. The summed E-state index contributed by atoms with van der Waals surface area (Å²) in [7, 11) is 0. The highest BCUT2D eigenvalue weighted by Crippen LogP contribution is 2.20. The maximum absolute atomic E-state index is 12.4. The largest absolute Gasteiger partial charge is 0.306 e. The maximum atomic E-state index is 12.4. The van der Waals surface area contributed by atoms with Crippen molar-refractivity contribution in [2.75, 3.05) is 0 Å². The number of hydrogen-bond donors (Lipinski definition) is 1. The quantitative estimate of drug-likeness (QED) is 0.558. The van der Waals surface area contributed by atoms with Gasteiger partial charge in [0.15, 0.2) is 5.83 Å². The van der Waals surface area contributed by atoms with Crippen molar-refractivity contribution in [1.29, 1.82) is 0 Å². The molecule has 0 radical (unpaired) electrons. The molecule has 76 valence electrons. The Labute approximate surface area is 77.4 Å².